The summed E-state index contributed by atoms with van der Waals surface area (Å²) >= 11 is 0. The van der Waals surface area contributed by atoms with Gasteiger partial charge in [-0.25, -0.2) is 4.79 Å². The van der Waals surface area contributed by atoms with Crippen molar-refractivity contribution < 1.29 is 64.3 Å². The summed E-state index contributed by atoms with van der Waals surface area (Å²) in [4.78, 5) is 25.9. The Morgan fingerprint density at radius 2 is 1.51 bits per heavy atom. The minimum Gasteiger partial charge on any atom is -0.504 e. The van der Waals surface area contributed by atoms with E-state index in [-0.39, 0.29) is 72.6 Å². The van der Waals surface area contributed by atoms with Crippen molar-refractivity contribution in [2.75, 3.05) is 13.7 Å². The molecule has 5 atom stereocenters. The maximum absolute atomic E-state index is 13.1. The Balaban J connectivity index is 1.47. The zero-order valence-electron chi connectivity index (χ0n) is 25.6. The van der Waals surface area contributed by atoms with Gasteiger partial charge in [0.05, 0.1) is 19.8 Å². The molecule has 1 fully saturated rings. The van der Waals surface area contributed by atoms with Gasteiger partial charge in [0, 0.05) is 18.9 Å². The number of methoxy groups -OCH3 is 1. The molecule has 1 heterocycles. The Kier molecular flexibility index (Phi) is 12.0. The molecule has 1 saturated heterocycles. The molecular formula is C34H38O13. The average molecular weight is 655 g/mol. The molecule has 1 aliphatic rings. The number of ketones is 1. The van der Waals surface area contributed by atoms with E-state index in [1.54, 1.807) is 12.1 Å². The van der Waals surface area contributed by atoms with Gasteiger partial charge in [-0.2, -0.15) is 0 Å². The molecule has 13 heteroatoms. The van der Waals surface area contributed by atoms with Crippen LogP contribution in [0.1, 0.15) is 36.0 Å². The maximum Gasteiger partial charge on any atom is 0.331 e. The molecule has 0 spiro atoms. The van der Waals surface area contributed by atoms with Crippen molar-refractivity contribution in [3.05, 3.63) is 77.4 Å². The van der Waals surface area contributed by atoms with Crippen LogP contribution in [0.25, 0.3) is 6.08 Å². The molecule has 0 aromatic heterocycles. The number of rotatable bonds is 14. The number of aliphatic hydroxyl groups is 2. The first-order valence-electron chi connectivity index (χ1n) is 14.9. The Labute approximate surface area is 270 Å². The number of hydrogen-bond donors (Lipinski definition) is 7. The summed E-state index contributed by atoms with van der Waals surface area (Å²) in [6.07, 6.45) is -3.40. The molecule has 0 radical (unpaired) electrons. The van der Waals surface area contributed by atoms with Crippen LogP contribution in [0.5, 0.6) is 34.5 Å². The molecule has 3 aromatic rings. The Morgan fingerprint density at radius 1 is 0.872 bits per heavy atom. The zero-order valence-corrected chi connectivity index (χ0v) is 25.6. The van der Waals surface area contributed by atoms with Crippen LogP contribution in [0.15, 0.2) is 60.7 Å². The van der Waals surface area contributed by atoms with Gasteiger partial charge in [-0.1, -0.05) is 18.2 Å². The Hall–Kier alpha value is -4.82. The topological polar surface area (TPSA) is 213 Å². The fraction of sp³-hybridized carbons (Fsp3) is 0.353. The van der Waals surface area contributed by atoms with E-state index in [2.05, 4.69) is 0 Å². The molecule has 13 nitrogen and oxygen atoms in total. The summed E-state index contributed by atoms with van der Waals surface area (Å²) in [5.41, 5.74) is 1.77. The van der Waals surface area contributed by atoms with Crippen LogP contribution < -0.4 is 4.74 Å². The average Bonchev–Trinajstić information content (AvgIpc) is 3.05. The fourth-order valence-electron chi connectivity index (χ4n) is 4.97. The number of ether oxygens (including phenoxy) is 4. The second kappa shape index (κ2) is 16.1. The number of Topliss-reactive ketones (excluding diaryl/α,β-unsaturated/α-hetero) is 1. The summed E-state index contributed by atoms with van der Waals surface area (Å²) < 4.78 is 22.3. The fourth-order valence-corrected chi connectivity index (χ4v) is 4.97. The summed E-state index contributed by atoms with van der Waals surface area (Å²) in [7, 11) is 1.38. The van der Waals surface area contributed by atoms with Crippen LogP contribution in [-0.2, 0) is 36.6 Å². The van der Waals surface area contributed by atoms with Crippen molar-refractivity contribution in [3.8, 4) is 34.5 Å². The van der Waals surface area contributed by atoms with Crippen molar-refractivity contribution in [1.29, 1.82) is 0 Å². The molecule has 0 aliphatic carbocycles. The first-order valence-corrected chi connectivity index (χ1v) is 14.9. The van der Waals surface area contributed by atoms with Crippen molar-refractivity contribution in [2.24, 2.45) is 0 Å². The van der Waals surface area contributed by atoms with Gasteiger partial charge in [0.2, 0.25) is 0 Å². The third-order valence-corrected chi connectivity index (χ3v) is 7.61. The minimum atomic E-state index is -1.58. The molecule has 3 aromatic carbocycles. The number of benzene rings is 3. The van der Waals surface area contributed by atoms with E-state index < -0.39 is 36.7 Å². The van der Waals surface area contributed by atoms with E-state index in [0.717, 1.165) is 6.08 Å². The number of aryl methyl sites for hydroxylation is 2. The van der Waals surface area contributed by atoms with Crippen molar-refractivity contribution >= 4 is 17.8 Å². The third kappa shape index (κ3) is 9.83. The largest absolute Gasteiger partial charge is 0.504 e. The molecule has 252 valence electrons. The number of phenols is 5. The van der Waals surface area contributed by atoms with E-state index in [4.69, 9.17) is 18.9 Å². The van der Waals surface area contributed by atoms with Gasteiger partial charge in [-0.15, -0.1) is 0 Å². The number of phenolic OH excluding ortho intramolecular Hbond substituents is 5. The molecule has 0 saturated carbocycles. The molecular weight excluding hydrogens is 616 g/mol. The second-order valence-electron chi connectivity index (χ2n) is 11.1. The minimum absolute atomic E-state index is 0.0716. The molecule has 4 rings (SSSR count). The molecule has 1 aliphatic heterocycles. The normalized spacial score (nSPS) is 20.1. The summed E-state index contributed by atoms with van der Waals surface area (Å²) in [6.45, 7) is -0.333. The van der Waals surface area contributed by atoms with E-state index in [1.807, 2.05) is 0 Å². The smallest absolute Gasteiger partial charge is 0.331 e. The lowest BCUT2D eigenvalue weighted by molar-refractivity contribution is -0.286. The number of carbonyl (C=O) groups is 2. The number of aliphatic hydroxyl groups excluding tert-OH is 2. The molecule has 0 bridgehead atoms. The lowest BCUT2D eigenvalue weighted by Crippen LogP contribution is -2.56. The Morgan fingerprint density at radius 3 is 2.15 bits per heavy atom. The molecule has 0 unspecified atom stereocenters. The molecule has 47 heavy (non-hydrogen) atoms. The zero-order chi connectivity index (χ0) is 34.1. The maximum atomic E-state index is 13.1. The highest BCUT2D eigenvalue weighted by Gasteiger charge is 2.43. The third-order valence-electron chi connectivity index (χ3n) is 7.61. The first-order chi connectivity index (χ1) is 22.4. The number of hydrogen-bond acceptors (Lipinski definition) is 13. The highest BCUT2D eigenvalue weighted by molar-refractivity contribution is 5.87. The van der Waals surface area contributed by atoms with Crippen LogP contribution in [0.4, 0.5) is 0 Å². The van der Waals surface area contributed by atoms with Crippen LogP contribution in [-0.4, -0.2) is 91.9 Å². The number of esters is 1. The van der Waals surface area contributed by atoms with Crippen LogP contribution in [0.2, 0.25) is 0 Å². The Bertz CT molecular complexity index is 1570. The van der Waals surface area contributed by atoms with Crippen LogP contribution in [0.3, 0.4) is 0 Å². The van der Waals surface area contributed by atoms with Crippen molar-refractivity contribution in [3.63, 3.8) is 0 Å². The van der Waals surface area contributed by atoms with Gasteiger partial charge in [-0.05, 0) is 78.4 Å². The highest BCUT2D eigenvalue weighted by atomic mass is 16.7. The van der Waals surface area contributed by atoms with Gasteiger partial charge in [-0.3, -0.25) is 4.79 Å². The van der Waals surface area contributed by atoms with Gasteiger partial charge < -0.3 is 54.7 Å². The highest BCUT2D eigenvalue weighted by Crippen LogP contribution is 2.30. The lowest BCUT2D eigenvalue weighted by Gasteiger charge is -2.38. The summed E-state index contributed by atoms with van der Waals surface area (Å²) in [6, 6.07) is 13.0. The predicted octanol–water partition coefficient (Wildman–Crippen LogP) is 2.84. The standard InChI is InChI=1S/C34H38O13/c1-44-30-16-21(6-12-26(30)38)7-13-31(42)47-33-32(43)29(41)18-45-34(33)46-23(9-3-20-5-11-25(37)28(40)15-20)17-22(35)8-2-19-4-10-24(36)27(39)14-19/h4-7,10-16,23,29,32-34,36-41,43H,2-3,8-9,17-18H2,1H3/b13-7+/t23-,29+,32-,33+,34-/m0/s1. The second-order valence-corrected chi connectivity index (χ2v) is 11.1. The monoisotopic (exact) mass is 654 g/mol. The van der Waals surface area contributed by atoms with E-state index >= 15 is 0 Å². The van der Waals surface area contributed by atoms with Gasteiger partial charge in [0.1, 0.15) is 18.0 Å². The van der Waals surface area contributed by atoms with Gasteiger partial charge in [0.15, 0.2) is 46.9 Å². The van der Waals surface area contributed by atoms with Crippen LogP contribution in [0, 0.1) is 0 Å². The molecule has 7 N–H and O–H groups in total. The van der Waals surface area contributed by atoms with Crippen molar-refractivity contribution in [2.45, 2.75) is 62.8 Å². The van der Waals surface area contributed by atoms with Crippen molar-refractivity contribution in [1.82, 2.24) is 0 Å². The number of carbonyl (C=O) groups excluding carboxylic acids is 2. The number of aromatic hydroxyl groups is 5. The van der Waals surface area contributed by atoms with E-state index in [1.165, 1.54) is 55.7 Å². The van der Waals surface area contributed by atoms with E-state index in [9.17, 15) is 45.3 Å². The van der Waals surface area contributed by atoms with E-state index in [0.29, 0.717) is 23.1 Å². The molecule has 0 amide bonds. The quantitative estimate of drug-likeness (QED) is 0.0758. The summed E-state index contributed by atoms with van der Waals surface area (Å²) in [5, 5.41) is 69.6. The lowest BCUT2D eigenvalue weighted by atomic mass is 9.99. The first kappa shape index (κ1) is 35.0. The summed E-state index contributed by atoms with van der Waals surface area (Å²) in [5.74, 6) is -2.18. The predicted molar refractivity (Wildman–Crippen MR) is 166 cm³/mol. The van der Waals surface area contributed by atoms with Gasteiger partial charge >= 0.3 is 5.97 Å². The SMILES string of the molecule is COc1cc(/C=C/C(=O)O[C@H]2[C@H](O[C@@H](CCc3ccc(O)c(O)c3)CC(=O)CCc3ccc(O)c(O)c3)OC[C@@H](O)[C@@H]2O)ccc1O. The van der Waals surface area contributed by atoms with Crippen LogP contribution >= 0.6 is 0 Å². The van der Waals surface area contributed by atoms with Gasteiger partial charge in [0.25, 0.3) is 0 Å².